The van der Waals surface area contributed by atoms with Gasteiger partial charge in [0.2, 0.25) is 3.79 Å². The summed E-state index contributed by atoms with van der Waals surface area (Å²) in [6.45, 7) is 0. The number of thiophene rings is 1. The Hall–Kier alpha value is -1.67. The lowest BCUT2D eigenvalue weighted by Gasteiger charge is -2.27. The van der Waals surface area contributed by atoms with E-state index in [2.05, 4.69) is 10.6 Å². The highest BCUT2D eigenvalue weighted by molar-refractivity contribution is 7.16. The molecule has 1 aromatic carbocycles. The molecule has 2 N–H and O–H groups in total. The van der Waals surface area contributed by atoms with E-state index >= 15 is 0 Å². The second-order valence-electron chi connectivity index (χ2n) is 6.73. The molecule has 0 fully saturated rings. The van der Waals surface area contributed by atoms with E-state index in [1.807, 2.05) is 0 Å². The van der Waals surface area contributed by atoms with Crippen molar-refractivity contribution >= 4 is 63.0 Å². The highest BCUT2D eigenvalue weighted by Gasteiger charge is 2.37. The van der Waals surface area contributed by atoms with Gasteiger partial charge in [0, 0.05) is 10.4 Å². The average Bonchev–Trinajstić information content (AvgIpc) is 3.10. The molecular weight excluding hydrogens is 471 g/mol. The van der Waals surface area contributed by atoms with Gasteiger partial charge in [-0.2, -0.15) is 0 Å². The van der Waals surface area contributed by atoms with Gasteiger partial charge in [0.15, 0.2) is 0 Å². The number of methoxy groups -OCH3 is 2. The zero-order valence-electron chi connectivity index (χ0n) is 16.4. The van der Waals surface area contributed by atoms with Crippen LogP contribution < -0.4 is 15.4 Å². The Balaban J connectivity index is 1.87. The third-order valence-electron chi connectivity index (χ3n) is 4.79. The molecule has 0 saturated carbocycles. The predicted octanol–water partition coefficient (Wildman–Crippen LogP) is 4.96. The van der Waals surface area contributed by atoms with Gasteiger partial charge >= 0.3 is 5.97 Å². The molecule has 0 bridgehead atoms. The number of carbonyl (C=O) groups is 2. The van der Waals surface area contributed by atoms with Gasteiger partial charge in [-0.05, 0) is 55.5 Å². The van der Waals surface area contributed by atoms with E-state index in [4.69, 9.17) is 44.3 Å². The van der Waals surface area contributed by atoms with Gasteiger partial charge in [0.1, 0.15) is 16.9 Å². The van der Waals surface area contributed by atoms with Crippen LogP contribution in [0.15, 0.2) is 24.3 Å². The third-order valence-corrected chi connectivity index (χ3v) is 6.67. The smallest absolute Gasteiger partial charge is 0.341 e. The maximum absolute atomic E-state index is 12.7. The minimum Gasteiger partial charge on any atom is -0.497 e. The van der Waals surface area contributed by atoms with E-state index in [1.165, 1.54) is 25.6 Å². The molecule has 1 unspecified atom stereocenters. The molecule has 30 heavy (non-hydrogen) atoms. The number of benzene rings is 1. The SMILES string of the molecule is COC(=O)c1c(NC(NC(=O)c2ccc(OC)cc2)C(Cl)(Cl)Cl)sc2c1CCCC2. The Kier molecular flexibility index (Phi) is 7.39. The molecule has 0 radical (unpaired) electrons. The standard InChI is InChI=1S/C20H21Cl3N2O4S/c1-28-12-9-7-11(8-10-12)16(26)24-19(20(21,22)23)25-17-15(18(27)29-2)13-5-3-4-6-14(13)30-17/h7-10,19,25H,3-6H2,1-2H3,(H,24,26). The van der Waals surface area contributed by atoms with Gasteiger partial charge < -0.3 is 20.1 Å². The Morgan fingerprint density at radius 1 is 1.10 bits per heavy atom. The van der Waals surface area contributed by atoms with E-state index < -0.39 is 21.8 Å². The number of rotatable bonds is 6. The molecular formula is C20H21Cl3N2O4S. The Labute approximate surface area is 193 Å². The largest absolute Gasteiger partial charge is 0.497 e. The molecule has 1 amide bonds. The van der Waals surface area contributed by atoms with Gasteiger partial charge in [0.05, 0.1) is 19.8 Å². The Morgan fingerprint density at radius 2 is 1.77 bits per heavy atom. The van der Waals surface area contributed by atoms with E-state index in [0.717, 1.165) is 36.1 Å². The molecule has 10 heteroatoms. The van der Waals surface area contributed by atoms with Gasteiger partial charge in [0.25, 0.3) is 5.91 Å². The summed E-state index contributed by atoms with van der Waals surface area (Å²) in [5.74, 6) is -0.279. The van der Waals surface area contributed by atoms with E-state index in [-0.39, 0.29) is 0 Å². The maximum atomic E-state index is 12.7. The van der Waals surface area contributed by atoms with Crippen LogP contribution in [-0.2, 0) is 17.6 Å². The highest BCUT2D eigenvalue weighted by atomic mass is 35.6. The van der Waals surface area contributed by atoms with Crippen molar-refractivity contribution in [2.24, 2.45) is 0 Å². The van der Waals surface area contributed by atoms with Crippen LogP contribution in [0.2, 0.25) is 0 Å². The molecule has 2 aromatic rings. The quantitative estimate of drug-likeness (QED) is 0.339. The maximum Gasteiger partial charge on any atom is 0.341 e. The lowest BCUT2D eigenvalue weighted by molar-refractivity contribution is 0.0600. The molecule has 1 aromatic heterocycles. The van der Waals surface area contributed by atoms with E-state index in [9.17, 15) is 9.59 Å². The number of hydrogen-bond donors (Lipinski definition) is 2. The number of alkyl halides is 3. The topological polar surface area (TPSA) is 76.7 Å². The number of esters is 1. The van der Waals surface area contributed by atoms with Crippen molar-refractivity contribution in [1.82, 2.24) is 5.32 Å². The number of fused-ring (bicyclic) bond motifs is 1. The fourth-order valence-electron chi connectivity index (χ4n) is 3.27. The molecule has 0 aliphatic heterocycles. The van der Waals surface area contributed by atoms with Crippen LogP contribution in [0, 0.1) is 0 Å². The van der Waals surface area contributed by atoms with Gasteiger partial charge in [-0.1, -0.05) is 34.8 Å². The molecule has 3 rings (SSSR count). The molecule has 1 atom stereocenters. The zero-order chi connectivity index (χ0) is 21.9. The fraction of sp³-hybridized carbons (Fsp3) is 0.400. The van der Waals surface area contributed by atoms with Gasteiger partial charge in [-0.15, -0.1) is 11.3 Å². The molecule has 162 valence electrons. The number of nitrogens with one attached hydrogen (secondary N) is 2. The number of halogens is 3. The van der Waals surface area contributed by atoms with Crippen molar-refractivity contribution in [2.75, 3.05) is 19.5 Å². The number of aryl methyl sites for hydroxylation is 1. The van der Waals surface area contributed by atoms with Crippen LogP contribution in [0.1, 0.15) is 44.0 Å². The third kappa shape index (κ3) is 5.14. The summed E-state index contributed by atoms with van der Waals surface area (Å²) in [5.41, 5.74) is 1.77. The van der Waals surface area contributed by atoms with E-state index in [1.54, 1.807) is 24.3 Å². The molecule has 1 heterocycles. The summed E-state index contributed by atoms with van der Waals surface area (Å²) in [5, 5.41) is 6.25. The zero-order valence-corrected chi connectivity index (χ0v) is 19.5. The molecule has 6 nitrogen and oxygen atoms in total. The summed E-state index contributed by atoms with van der Waals surface area (Å²) in [7, 11) is 2.87. The van der Waals surface area contributed by atoms with Gasteiger partial charge in [-0.25, -0.2) is 4.79 Å². The normalized spacial score (nSPS) is 14.4. The highest BCUT2D eigenvalue weighted by Crippen LogP contribution is 2.40. The van der Waals surface area contributed by atoms with Crippen LogP contribution in [0.5, 0.6) is 5.75 Å². The molecule has 0 saturated heterocycles. The van der Waals surface area contributed by atoms with Crippen LogP contribution in [0.25, 0.3) is 0 Å². The van der Waals surface area contributed by atoms with Crippen molar-refractivity contribution in [2.45, 2.75) is 35.6 Å². The summed E-state index contributed by atoms with van der Waals surface area (Å²) in [4.78, 5) is 26.3. The minimum absolute atomic E-state index is 0.371. The summed E-state index contributed by atoms with van der Waals surface area (Å²) in [6, 6.07) is 6.53. The first-order valence-corrected chi connectivity index (χ1v) is 11.2. The van der Waals surface area contributed by atoms with Crippen molar-refractivity contribution in [3.05, 3.63) is 45.8 Å². The van der Waals surface area contributed by atoms with Gasteiger partial charge in [-0.3, -0.25) is 4.79 Å². The second kappa shape index (κ2) is 9.64. The van der Waals surface area contributed by atoms with Crippen molar-refractivity contribution < 1.29 is 19.1 Å². The first-order valence-electron chi connectivity index (χ1n) is 9.25. The Bertz CT molecular complexity index is 925. The van der Waals surface area contributed by atoms with Crippen LogP contribution in [-0.4, -0.2) is 36.1 Å². The monoisotopic (exact) mass is 490 g/mol. The second-order valence-corrected chi connectivity index (χ2v) is 10.2. The lowest BCUT2D eigenvalue weighted by atomic mass is 9.95. The van der Waals surface area contributed by atoms with E-state index in [0.29, 0.717) is 21.9 Å². The first kappa shape index (κ1) is 23.0. The van der Waals surface area contributed by atoms with Crippen LogP contribution >= 0.6 is 46.1 Å². The number of ether oxygens (including phenoxy) is 2. The summed E-state index contributed by atoms with van der Waals surface area (Å²) < 4.78 is 8.19. The van der Waals surface area contributed by atoms with Crippen LogP contribution in [0.3, 0.4) is 0 Å². The molecule has 1 aliphatic rings. The Morgan fingerprint density at radius 3 is 2.37 bits per heavy atom. The number of hydrogen-bond acceptors (Lipinski definition) is 6. The number of amides is 1. The number of carbonyl (C=O) groups excluding carboxylic acids is 2. The average molecular weight is 492 g/mol. The lowest BCUT2D eigenvalue weighted by Crippen LogP contribution is -2.49. The molecule has 0 spiro atoms. The van der Waals surface area contributed by atoms with Crippen molar-refractivity contribution in [3.63, 3.8) is 0 Å². The predicted molar refractivity (Wildman–Crippen MR) is 120 cm³/mol. The minimum atomic E-state index is -1.87. The fourth-order valence-corrected chi connectivity index (χ4v) is 4.91. The summed E-state index contributed by atoms with van der Waals surface area (Å²) >= 11 is 19.9. The first-order chi connectivity index (χ1) is 14.2. The van der Waals surface area contributed by atoms with Crippen molar-refractivity contribution in [3.8, 4) is 5.75 Å². The summed E-state index contributed by atoms with van der Waals surface area (Å²) in [6.07, 6.45) is 2.63. The van der Waals surface area contributed by atoms with Crippen molar-refractivity contribution in [1.29, 1.82) is 0 Å². The number of anilines is 1. The van der Waals surface area contributed by atoms with Crippen LogP contribution in [0.4, 0.5) is 5.00 Å². The molecule has 1 aliphatic carbocycles.